The number of ether oxygens (including phenoxy) is 3. The monoisotopic (exact) mass is 448 g/mol. The first-order valence-electron chi connectivity index (χ1n) is 10.3. The molecule has 1 aromatic carbocycles. The van der Waals surface area contributed by atoms with E-state index in [-0.39, 0.29) is 42.5 Å². The number of benzene rings is 1. The quantitative estimate of drug-likeness (QED) is 0.604. The van der Waals surface area contributed by atoms with E-state index in [1.54, 1.807) is 19.1 Å². The molecule has 32 heavy (non-hydrogen) atoms. The molecule has 1 aliphatic rings. The van der Waals surface area contributed by atoms with Gasteiger partial charge in [0.05, 0.1) is 26.2 Å². The van der Waals surface area contributed by atoms with Crippen LogP contribution >= 0.6 is 0 Å². The SMILES string of the molecule is CCOC(=O)[C@@]1(Cc2ccc(F)cc2F)CCCN(C(=O)c2ccc(OC)nc2OC)C1. The van der Waals surface area contributed by atoms with E-state index < -0.39 is 23.0 Å². The van der Waals surface area contributed by atoms with Gasteiger partial charge < -0.3 is 19.1 Å². The molecule has 1 aliphatic heterocycles. The van der Waals surface area contributed by atoms with Crippen molar-refractivity contribution in [1.82, 2.24) is 9.88 Å². The summed E-state index contributed by atoms with van der Waals surface area (Å²) in [6, 6.07) is 6.35. The van der Waals surface area contributed by atoms with E-state index in [9.17, 15) is 18.4 Å². The zero-order valence-corrected chi connectivity index (χ0v) is 18.3. The summed E-state index contributed by atoms with van der Waals surface area (Å²) in [5.74, 6) is -1.92. The van der Waals surface area contributed by atoms with Crippen LogP contribution < -0.4 is 9.47 Å². The number of rotatable bonds is 7. The molecule has 0 N–H and O–H groups in total. The summed E-state index contributed by atoms with van der Waals surface area (Å²) in [7, 11) is 2.85. The Balaban J connectivity index is 1.93. The minimum absolute atomic E-state index is 0.0142. The Morgan fingerprint density at radius 2 is 1.94 bits per heavy atom. The van der Waals surface area contributed by atoms with Crippen LogP contribution in [0.5, 0.6) is 11.8 Å². The summed E-state index contributed by atoms with van der Waals surface area (Å²) in [4.78, 5) is 32.0. The van der Waals surface area contributed by atoms with Crippen LogP contribution in [0.4, 0.5) is 8.78 Å². The molecule has 0 radical (unpaired) electrons. The number of pyridine rings is 1. The predicted octanol–water partition coefficient (Wildman–Crippen LogP) is 3.41. The van der Waals surface area contributed by atoms with Gasteiger partial charge in [0.1, 0.15) is 17.2 Å². The summed E-state index contributed by atoms with van der Waals surface area (Å²) in [5.41, 5.74) is -0.742. The summed E-state index contributed by atoms with van der Waals surface area (Å²) < 4.78 is 43.4. The number of likely N-dealkylation sites (tertiary alicyclic amines) is 1. The molecule has 7 nitrogen and oxygen atoms in total. The lowest BCUT2D eigenvalue weighted by Gasteiger charge is -2.41. The topological polar surface area (TPSA) is 78.0 Å². The fraction of sp³-hybridized carbons (Fsp3) is 0.435. The molecule has 9 heteroatoms. The van der Waals surface area contributed by atoms with E-state index in [4.69, 9.17) is 14.2 Å². The van der Waals surface area contributed by atoms with E-state index >= 15 is 0 Å². The number of methoxy groups -OCH3 is 2. The highest BCUT2D eigenvalue weighted by atomic mass is 19.1. The van der Waals surface area contributed by atoms with E-state index in [0.717, 1.165) is 12.1 Å². The van der Waals surface area contributed by atoms with E-state index in [1.165, 1.54) is 25.2 Å². The van der Waals surface area contributed by atoms with Crippen molar-refractivity contribution in [2.75, 3.05) is 33.9 Å². The Labute approximate surface area is 185 Å². The van der Waals surface area contributed by atoms with Gasteiger partial charge in [0.25, 0.3) is 5.91 Å². The van der Waals surface area contributed by atoms with E-state index in [2.05, 4.69) is 4.98 Å². The minimum atomic E-state index is -1.16. The first-order valence-corrected chi connectivity index (χ1v) is 10.3. The second-order valence-corrected chi connectivity index (χ2v) is 7.65. The molecule has 0 spiro atoms. The molecule has 1 aromatic heterocycles. The van der Waals surface area contributed by atoms with Crippen LogP contribution in [0.25, 0.3) is 0 Å². The lowest BCUT2D eigenvalue weighted by atomic mass is 9.74. The molecule has 1 saturated heterocycles. The van der Waals surface area contributed by atoms with Gasteiger partial charge in [0.15, 0.2) is 0 Å². The maximum absolute atomic E-state index is 14.4. The van der Waals surface area contributed by atoms with Gasteiger partial charge in [0.2, 0.25) is 11.8 Å². The number of halogens is 2. The molecular weight excluding hydrogens is 422 g/mol. The van der Waals surface area contributed by atoms with Gasteiger partial charge in [-0.25, -0.2) is 8.78 Å². The molecule has 0 aliphatic carbocycles. The third-order valence-electron chi connectivity index (χ3n) is 5.58. The molecule has 1 amide bonds. The van der Waals surface area contributed by atoms with Gasteiger partial charge in [0, 0.05) is 25.2 Å². The summed E-state index contributed by atoms with van der Waals surface area (Å²) in [6.45, 7) is 2.26. The maximum atomic E-state index is 14.4. The van der Waals surface area contributed by atoms with E-state index in [0.29, 0.717) is 25.3 Å². The molecule has 3 rings (SSSR count). The van der Waals surface area contributed by atoms with Crippen LogP contribution in [-0.2, 0) is 16.0 Å². The van der Waals surface area contributed by atoms with Crippen molar-refractivity contribution in [3.8, 4) is 11.8 Å². The van der Waals surface area contributed by atoms with Gasteiger partial charge in [-0.1, -0.05) is 6.07 Å². The molecule has 172 valence electrons. The number of hydrogen-bond donors (Lipinski definition) is 0. The Morgan fingerprint density at radius 3 is 2.59 bits per heavy atom. The van der Waals surface area contributed by atoms with Gasteiger partial charge in [-0.05, 0) is 43.9 Å². The highest BCUT2D eigenvalue weighted by Crippen LogP contribution is 2.37. The molecule has 0 saturated carbocycles. The zero-order valence-electron chi connectivity index (χ0n) is 18.3. The largest absolute Gasteiger partial charge is 0.481 e. The number of nitrogens with zero attached hydrogens (tertiary/aromatic N) is 2. The molecule has 2 aromatic rings. The summed E-state index contributed by atoms with van der Waals surface area (Å²) in [5, 5.41) is 0. The standard InChI is InChI=1S/C23H26F2N2O5/c1-4-32-22(29)23(13-15-6-7-16(24)12-18(15)25)10-5-11-27(14-23)21(28)17-8-9-19(30-2)26-20(17)31-3/h6-9,12H,4-5,10-11,13-14H2,1-3H3/t23-/m1/s1. The third kappa shape index (κ3) is 4.81. The molecule has 1 atom stereocenters. The van der Waals surface area contributed by atoms with Crippen molar-refractivity contribution >= 4 is 11.9 Å². The number of aromatic nitrogens is 1. The van der Waals surface area contributed by atoms with E-state index in [1.807, 2.05) is 0 Å². The average Bonchev–Trinajstić information content (AvgIpc) is 2.80. The minimum Gasteiger partial charge on any atom is -0.481 e. The Hall–Kier alpha value is -3.23. The maximum Gasteiger partial charge on any atom is 0.314 e. The highest BCUT2D eigenvalue weighted by molar-refractivity contribution is 5.97. The zero-order chi connectivity index (χ0) is 23.3. The van der Waals surface area contributed by atoms with Gasteiger partial charge in [-0.3, -0.25) is 9.59 Å². The Kier molecular flexibility index (Phi) is 7.27. The van der Waals surface area contributed by atoms with Gasteiger partial charge in [-0.2, -0.15) is 4.98 Å². The van der Waals surface area contributed by atoms with Crippen molar-refractivity contribution in [1.29, 1.82) is 0 Å². The van der Waals surface area contributed by atoms with Crippen LogP contribution in [0.15, 0.2) is 30.3 Å². The van der Waals surface area contributed by atoms with Crippen LogP contribution in [0.2, 0.25) is 0 Å². The highest BCUT2D eigenvalue weighted by Gasteiger charge is 2.45. The normalized spacial score (nSPS) is 18.2. The number of amides is 1. The summed E-state index contributed by atoms with van der Waals surface area (Å²) >= 11 is 0. The molecule has 0 bridgehead atoms. The molecule has 2 heterocycles. The van der Waals surface area contributed by atoms with Crippen molar-refractivity contribution in [3.63, 3.8) is 0 Å². The Morgan fingerprint density at radius 1 is 1.16 bits per heavy atom. The number of piperidine rings is 1. The van der Waals surface area contributed by atoms with Gasteiger partial charge >= 0.3 is 5.97 Å². The number of carbonyl (C=O) groups excluding carboxylic acids is 2. The van der Waals surface area contributed by atoms with Crippen molar-refractivity contribution in [3.05, 3.63) is 53.1 Å². The molecule has 0 unspecified atom stereocenters. The average molecular weight is 448 g/mol. The second-order valence-electron chi connectivity index (χ2n) is 7.65. The number of esters is 1. The fourth-order valence-corrected chi connectivity index (χ4v) is 4.03. The first kappa shape index (κ1) is 23.4. The number of carbonyl (C=O) groups is 2. The lowest BCUT2D eigenvalue weighted by Crippen LogP contribution is -2.51. The molecule has 1 fully saturated rings. The van der Waals surface area contributed by atoms with Crippen molar-refractivity contribution in [2.45, 2.75) is 26.2 Å². The van der Waals surface area contributed by atoms with Crippen molar-refractivity contribution in [2.24, 2.45) is 5.41 Å². The number of hydrogen-bond acceptors (Lipinski definition) is 6. The van der Waals surface area contributed by atoms with Crippen LogP contribution in [0.3, 0.4) is 0 Å². The molecular formula is C23H26F2N2O5. The lowest BCUT2D eigenvalue weighted by molar-refractivity contribution is -0.158. The summed E-state index contributed by atoms with van der Waals surface area (Å²) in [6.07, 6.45) is 0.906. The van der Waals surface area contributed by atoms with Gasteiger partial charge in [-0.15, -0.1) is 0 Å². The second kappa shape index (κ2) is 9.93. The Bertz CT molecular complexity index is 1000. The fourth-order valence-electron chi connectivity index (χ4n) is 4.03. The third-order valence-corrected chi connectivity index (χ3v) is 5.58. The predicted molar refractivity (Wildman–Crippen MR) is 112 cm³/mol. The van der Waals surface area contributed by atoms with Crippen molar-refractivity contribution < 1.29 is 32.6 Å². The first-order chi connectivity index (χ1) is 15.3. The van der Waals surface area contributed by atoms with Crippen LogP contribution in [-0.4, -0.2) is 55.7 Å². The van der Waals surface area contributed by atoms with Crippen LogP contribution in [0.1, 0.15) is 35.7 Å². The van der Waals surface area contributed by atoms with Crippen LogP contribution in [0, 0.1) is 17.0 Å². The smallest absolute Gasteiger partial charge is 0.314 e.